The van der Waals surface area contributed by atoms with E-state index in [-0.39, 0.29) is 17.2 Å². The van der Waals surface area contributed by atoms with Gasteiger partial charge in [-0.25, -0.2) is 4.79 Å². The smallest absolute Gasteiger partial charge is 0.326 e. The number of amides is 2. The van der Waals surface area contributed by atoms with Crippen LogP contribution in [0.1, 0.15) is 41.2 Å². The lowest BCUT2D eigenvalue weighted by molar-refractivity contribution is -0.139. The number of carboxylic acid groups (broad SMARTS) is 1. The molecule has 0 bridgehead atoms. The van der Waals surface area contributed by atoms with Gasteiger partial charge in [-0.05, 0) is 42.7 Å². The summed E-state index contributed by atoms with van der Waals surface area (Å²) in [6, 6.07) is 8.41. The Hall–Kier alpha value is -3.09. The van der Waals surface area contributed by atoms with Gasteiger partial charge in [-0.15, -0.1) is 0 Å². The highest BCUT2D eigenvalue weighted by molar-refractivity contribution is 6.03. The van der Waals surface area contributed by atoms with Crippen molar-refractivity contribution in [2.24, 2.45) is 5.92 Å². The van der Waals surface area contributed by atoms with E-state index >= 15 is 0 Å². The van der Waals surface area contributed by atoms with Gasteiger partial charge in [0.25, 0.3) is 11.8 Å². The molecule has 7 heteroatoms. The van der Waals surface area contributed by atoms with Gasteiger partial charge in [-0.3, -0.25) is 9.59 Å². The van der Waals surface area contributed by atoms with E-state index < -0.39 is 23.8 Å². The number of anilines is 1. The summed E-state index contributed by atoms with van der Waals surface area (Å²) in [6.07, 6.45) is 1.72. The number of rotatable bonds is 7. The molecule has 1 heterocycles. The number of carbonyl (C=O) groups excluding carboxylic acids is 2. The van der Waals surface area contributed by atoms with Gasteiger partial charge >= 0.3 is 5.97 Å². The van der Waals surface area contributed by atoms with Crippen LogP contribution in [-0.4, -0.2) is 28.9 Å². The lowest BCUT2D eigenvalue weighted by Gasteiger charge is -2.16. The number of aliphatic carboxylic acids is 1. The van der Waals surface area contributed by atoms with Crippen LogP contribution in [0.2, 0.25) is 0 Å². The molecule has 2 rings (SSSR count). The van der Waals surface area contributed by atoms with Gasteiger partial charge in [0.05, 0.1) is 6.26 Å². The molecule has 0 aliphatic carbocycles. The van der Waals surface area contributed by atoms with Crippen LogP contribution in [-0.2, 0) is 4.79 Å². The number of hydrogen-bond donors (Lipinski definition) is 3. The highest BCUT2D eigenvalue weighted by atomic mass is 16.4. The third kappa shape index (κ3) is 5.20. The van der Waals surface area contributed by atoms with Crippen molar-refractivity contribution in [1.82, 2.24) is 5.32 Å². The Morgan fingerprint density at radius 3 is 2.48 bits per heavy atom. The van der Waals surface area contributed by atoms with E-state index in [1.54, 1.807) is 24.3 Å². The molecule has 132 valence electrons. The first-order valence-electron chi connectivity index (χ1n) is 7.85. The largest absolute Gasteiger partial charge is 0.480 e. The summed E-state index contributed by atoms with van der Waals surface area (Å²) in [4.78, 5) is 35.5. The van der Waals surface area contributed by atoms with E-state index in [1.807, 2.05) is 13.8 Å². The minimum Gasteiger partial charge on any atom is -0.480 e. The Morgan fingerprint density at radius 1 is 1.12 bits per heavy atom. The van der Waals surface area contributed by atoms with Gasteiger partial charge in [0.15, 0.2) is 5.76 Å². The van der Waals surface area contributed by atoms with Crippen molar-refractivity contribution in [2.75, 3.05) is 5.32 Å². The van der Waals surface area contributed by atoms with E-state index in [2.05, 4.69) is 10.6 Å². The Labute approximate surface area is 145 Å². The SMILES string of the molecule is CC(C)C[C@H](NC(=O)c1cccc(NC(=O)c2ccco2)c1)C(=O)O. The fraction of sp³-hybridized carbons (Fsp3) is 0.278. The number of benzene rings is 1. The molecule has 0 spiro atoms. The van der Waals surface area contributed by atoms with Gasteiger partial charge in [0, 0.05) is 11.3 Å². The molecule has 2 aromatic rings. The predicted molar refractivity (Wildman–Crippen MR) is 91.4 cm³/mol. The van der Waals surface area contributed by atoms with Crippen molar-refractivity contribution in [3.63, 3.8) is 0 Å². The fourth-order valence-corrected chi connectivity index (χ4v) is 2.27. The summed E-state index contributed by atoms with van der Waals surface area (Å²) in [5.74, 6) is -1.75. The van der Waals surface area contributed by atoms with Crippen LogP contribution >= 0.6 is 0 Å². The normalized spacial score (nSPS) is 11.8. The molecule has 1 atom stereocenters. The third-order valence-corrected chi connectivity index (χ3v) is 3.44. The molecule has 0 radical (unpaired) electrons. The van der Waals surface area contributed by atoms with E-state index in [4.69, 9.17) is 4.42 Å². The fourth-order valence-electron chi connectivity index (χ4n) is 2.27. The second-order valence-electron chi connectivity index (χ2n) is 6.01. The monoisotopic (exact) mass is 344 g/mol. The van der Waals surface area contributed by atoms with Crippen LogP contribution in [0.15, 0.2) is 47.1 Å². The predicted octanol–water partition coefficient (Wildman–Crippen LogP) is 2.76. The first-order chi connectivity index (χ1) is 11.9. The Morgan fingerprint density at radius 2 is 1.88 bits per heavy atom. The molecule has 0 unspecified atom stereocenters. The average molecular weight is 344 g/mol. The van der Waals surface area contributed by atoms with Crippen LogP contribution < -0.4 is 10.6 Å². The summed E-state index contributed by atoms with van der Waals surface area (Å²) in [7, 11) is 0. The topological polar surface area (TPSA) is 109 Å². The quantitative estimate of drug-likeness (QED) is 0.715. The highest BCUT2D eigenvalue weighted by Crippen LogP contribution is 2.14. The van der Waals surface area contributed by atoms with Crippen LogP contribution in [0.5, 0.6) is 0 Å². The zero-order chi connectivity index (χ0) is 18.4. The third-order valence-electron chi connectivity index (χ3n) is 3.44. The first-order valence-corrected chi connectivity index (χ1v) is 7.85. The summed E-state index contributed by atoms with van der Waals surface area (Å²) in [5.41, 5.74) is 0.664. The molecule has 0 aliphatic heterocycles. The summed E-state index contributed by atoms with van der Waals surface area (Å²) in [6.45, 7) is 3.76. The molecule has 0 aliphatic rings. The molecule has 1 aromatic heterocycles. The molecule has 0 saturated heterocycles. The molecule has 2 amide bonds. The molecule has 7 nitrogen and oxygen atoms in total. The van der Waals surface area contributed by atoms with Crippen molar-refractivity contribution < 1.29 is 23.9 Å². The molecule has 0 fully saturated rings. The number of furan rings is 1. The Kier molecular flexibility index (Phi) is 5.94. The van der Waals surface area contributed by atoms with Crippen LogP contribution in [0.4, 0.5) is 5.69 Å². The zero-order valence-electron chi connectivity index (χ0n) is 14.0. The molecule has 3 N–H and O–H groups in total. The molecule has 0 saturated carbocycles. The van der Waals surface area contributed by atoms with Gasteiger partial charge in [0.1, 0.15) is 6.04 Å². The second kappa shape index (κ2) is 8.14. The van der Waals surface area contributed by atoms with Crippen molar-refractivity contribution in [1.29, 1.82) is 0 Å². The van der Waals surface area contributed by atoms with Gasteiger partial charge in [-0.1, -0.05) is 19.9 Å². The Bertz CT molecular complexity index is 753. The number of carbonyl (C=O) groups is 3. The van der Waals surface area contributed by atoms with E-state index in [1.165, 1.54) is 18.4 Å². The van der Waals surface area contributed by atoms with Crippen molar-refractivity contribution in [3.05, 3.63) is 54.0 Å². The number of carboxylic acids is 1. The van der Waals surface area contributed by atoms with Crippen LogP contribution in [0.25, 0.3) is 0 Å². The Balaban J connectivity index is 2.07. The summed E-state index contributed by atoms with van der Waals surface area (Å²) >= 11 is 0. The standard InChI is InChI=1S/C18H20N2O5/c1-11(2)9-14(18(23)24)20-16(21)12-5-3-6-13(10-12)19-17(22)15-7-4-8-25-15/h3-8,10-11,14H,9H2,1-2H3,(H,19,22)(H,20,21)(H,23,24)/t14-/m0/s1. The molecular formula is C18H20N2O5. The average Bonchev–Trinajstić information content (AvgIpc) is 3.08. The molecular weight excluding hydrogens is 324 g/mol. The van der Waals surface area contributed by atoms with E-state index in [9.17, 15) is 19.5 Å². The minimum atomic E-state index is -1.08. The maximum absolute atomic E-state index is 12.3. The highest BCUT2D eigenvalue weighted by Gasteiger charge is 2.22. The maximum atomic E-state index is 12.3. The molecule has 25 heavy (non-hydrogen) atoms. The van der Waals surface area contributed by atoms with E-state index in [0.717, 1.165) is 0 Å². The van der Waals surface area contributed by atoms with Crippen molar-refractivity contribution >= 4 is 23.5 Å². The lowest BCUT2D eigenvalue weighted by Crippen LogP contribution is -2.41. The van der Waals surface area contributed by atoms with Crippen molar-refractivity contribution in [3.8, 4) is 0 Å². The van der Waals surface area contributed by atoms with Gasteiger partial charge in [0.2, 0.25) is 0 Å². The number of hydrogen-bond acceptors (Lipinski definition) is 4. The maximum Gasteiger partial charge on any atom is 0.326 e. The number of nitrogens with one attached hydrogen (secondary N) is 2. The van der Waals surface area contributed by atoms with Gasteiger partial charge < -0.3 is 20.2 Å². The molecule has 1 aromatic carbocycles. The van der Waals surface area contributed by atoms with Gasteiger partial charge in [-0.2, -0.15) is 0 Å². The van der Waals surface area contributed by atoms with Crippen molar-refractivity contribution in [2.45, 2.75) is 26.3 Å². The summed E-state index contributed by atoms with van der Waals surface area (Å²) < 4.78 is 5.00. The zero-order valence-corrected chi connectivity index (χ0v) is 14.0. The lowest BCUT2D eigenvalue weighted by atomic mass is 10.0. The second-order valence-corrected chi connectivity index (χ2v) is 6.01. The van der Waals surface area contributed by atoms with E-state index in [0.29, 0.717) is 12.1 Å². The van der Waals surface area contributed by atoms with Crippen LogP contribution in [0, 0.1) is 5.92 Å². The summed E-state index contributed by atoms with van der Waals surface area (Å²) in [5, 5.41) is 14.3. The minimum absolute atomic E-state index is 0.125. The first kappa shape index (κ1) is 18.3. The van der Waals surface area contributed by atoms with Crippen LogP contribution in [0.3, 0.4) is 0 Å².